The molecule has 0 amide bonds. The first kappa shape index (κ1) is 20.3. The molecule has 0 spiro atoms. The lowest BCUT2D eigenvalue weighted by Gasteiger charge is -2.57. The van der Waals surface area contributed by atoms with Crippen LogP contribution >= 0.6 is 11.6 Å². The van der Waals surface area contributed by atoms with Gasteiger partial charge in [0.05, 0.1) is 5.56 Å². The zero-order valence-corrected chi connectivity index (χ0v) is 18.7. The molecule has 1 aromatic rings. The maximum absolute atomic E-state index is 12.8. The van der Waals surface area contributed by atoms with Crippen LogP contribution in [0.25, 0.3) is 0 Å². The van der Waals surface area contributed by atoms with Crippen LogP contribution in [0, 0.1) is 28.6 Å². The zero-order chi connectivity index (χ0) is 21.1. The van der Waals surface area contributed by atoms with Gasteiger partial charge in [-0.05, 0) is 92.4 Å². The Labute approximate surface area is 184 Å². The summed E-state index contributed by atoms with van der Waals surface area (Å²) in [6.07, 6.45) is 10.3. The Bertz CT molecular complexity index is 921. The zero-order valence-electron chi connectivity index (χ0n) is 18.0. The van der Waals surface area contributed by atoms with Gasteiger partial charge in [-0.15, -0.1) is 0 Å². The molecule has 30 heavy (non-hydrogen) atoms. The highest BCUT2D eigenvalue weighted by Crippen LogP contribution is 2.65. The summed E-state index contributed by atoms with van der Waals surface area (Å²) >= 11 is 6.06. The summed E-state index contributed by atoms with van der Waals surface area (Å²) in [5, 5.41) is 0.561. The lowest BCUT2D eigenvalue weighted by molar-refractivity contribution is -0.118. The fraction of sp³-hybridized carbons (Fsp3) is 0.615. The van der Waals surface area contributed by atoms with Crippen molar-refractivity contribution in [2.45, 2.75) is 71.3 Å². The van der Waals surface area contributed by atoms with Gasteiger partial charge < -0.3 is 4.74 Å². The number of ketones is 1. The molecule has 0 radical (unpaired) electrons. The van der Waals surface area contributed by atoms with Crippen LogP contribution in [-0.2, 0) is 9.53 Å². The Kier molecular flexibility index (Phi) is 4.89. The van der Waals surface area contributed by atoms with Crippen molar-refractivity contribution >= 4 is 23.4 Å². The minimum absolute atomic E-state index is 0.0207. The number of halogens is 1. The van der Waals surface area contributed by atoms with Crippen LogP contribution in [0.3, 0.4) is 0 Å². The van der Waals surface area contributed by atoms with Crippen molar-refractivity contribution in [1.82, 2.24) is 0 Å². The van der Waals surface area contributed by atoms with E-state index in [2.05, 4.69) is 13.8 Å². The molecule has 0 saturated heterocycles. The molecule has 0 bridgehead atoms. The summed E-state index contributed by atoms with van der Waals surface area (Å²) < 4.78 is 6.10. The molecule has 0 N–H and O–H groups in total. The quantitative estimate of drug-likeness (QED) is 0.514. The lowest BCUT2D eigenvalue weighted by Crippen LogP contribution is -2.51. The second kappa shape index (κ2) is 7.22. The van der Waals surface area contributed by atoms with E-state index in [4.69, 9.17) is 16.3 Å². The summed E-state index contributed by atoms with van der Waals surface area (Å²) in [6, 6.07) is 7.04. The molecule has 0 unspecified atom stereocenters. The van der Waals surface area contributed by atoms with E-state index >= 15 is 0 Å². The van der Waals surface area contributed by atoms with E-state index in [1.54, 1.807) is 24.3 Å². The SMILES string of the molecule is C[C@]12CC[C@H]3[C@@H](CCC4=CC(=O)CC[C@@]43C)[C@@H]1CC[C@@H]2OC(=O)c1cccc(Cl)c1. The molecule has 3 saturated carbocycles. The second-order valence-electron chi connectivity index (χ2n) is 10.5. The number of ether oxygens (including phenoxy) is 1. The fourth-order valence-electron chi connectivity index (χ4n) is 7.52. The van der Waals surface area contributed by atoms with Crippen molar-refractivity contribution in [3.63, 3.8) is 0 Å². The maximum Gasteiger partial charge on any atom is 0.338 e. The summed E-state index contributed by atoms with van der Waals surface area (Å²) in [7, 11) is 0. The highest BCUT2D eigenvalue weighted by atomic mass is 35.5. The molecular weight excluding hydrogens is 396 g/mol. The summed E-state index contributed by atoms with van der Waals surface area (Å²) in [5.74, 6) is 2.00. The van der Waals surface area contributed by atoms with Crippen molar-refractivity contribution in [3.8, 4) is 0 Å². The van der Waals surface area contributed by atoms with Crippen molar-refractivity contribution < 1.29 is 14.3 Å². The van der Waals surface area contributed by atoms with Crippen LogP contribution in [0.5, 0.6) is 0 Å². The average Bonchev–Trinajstić information content (AvgIpc) is 3.05. The lowest BCUT2D eigenvalue weighted by atomic mass is 9.47. The van der Waals surface area contributed by atoms with Gasteiger partial charge >= 0.3 is 5.97 Å². The molecule has 0 aromatic heterocycles. The van der Waals surface area contributed by atoms with Crippen LogP contribution in [0.15, 0.2) is 35.9 Å². The maximum atomic E-state index is 12.8. The van der Waals surface area contributed by atoms with Gasteiger partial charge in [0, 0.05) is 16.9 Å². The van der Waals surface area contributed by atoms with Crippen molar-refractivity contribution in [2.24, 2.45) is 28.6 Å². The van der Waals surface area contributed by atoms with Gasteiger partial charge in [-0.2, -0.15) is 0 Å². The van der Waals surface area contributed by atoms with Crippen molar-refractivity contribution in [3.05, 3.63) is 46.5 Å². The molecule has 0 aliphatic heterocycles. The number of carbonyl (C=O) groups is 2. The molecule has 4 heteroatoms. The number of hydrogen-bond donors (Lipinski definition) is 0. The number of benzene rings is 1. The highest BCUT2D eigenvalue weighted by molar-refractivity contribution is 6.30. The van der Waals surface area contributed by atoms with E-state index in [1.807, 2.05) is 6.08 Å². The van der Waals surface area contributed by atoms with E-state index < -0.39 is 0 Å². The van der Waals surface area contributed by atoms with E-state index in [0.717, 1.165) is 32.1 Å². The van der Waals surface area contributed by atoms with Crippen molar-refractivity contribution in [2.75, 3.05) is 0 Å². The Morgan fingerprint density at radius 3 is 2.70 bits per heavy atom. The molecule has 0 heterocycles. The van der Waals surface area contributed by atoms with Gasteiger partial charge in [0.1, 0.15) is 6.10 Å². The van der Waals surface area contributed by atoms with Crippen LogP contribution < -0.4 is 0 Å². The summed E-state index contributed by atoms with van der Waals surface area (Å²) in [5.41, 5.74) is 2.19. The van der Waals surface area contributed by atoms with Gasteiger partial charge in [-0.3, -0.25) is 4.79 Å². The standard InChI is InChI=1S/C26H31ClO3/c1-25-12-10-19(28)15-17(25)6-7-20-21-8-9-23(26(21,2)13-11-22(20)25)30-24(29)16-4-3-5-18(27)14-16/h3-5,14-15,20-23H,6-13H2,1-2H3/t20-,21-,22-,23-,25-,26-/m0/s1. The van der Waals surface area contributed by atoms with Gasteiger partial charge in [0.15, 0.2) is 5.78 Å². The number of carbonyl (C=O) groups excluding carboxylic acids is 2. The number of rotatable bonds is 2. The van der Waals surface area contributed by atoms with E-state index in [9.17, 15) is 9.59 Å². The normalized spacial score (nSPS) is 40.1. The first-order valence-electron chi connectivity index (χ1n) is 11.5. The molecule has 4 aliphatic rings. The first-order chi connectivity index (χ1) is 14.3. The Hall–Kier alpha value is -1.61. The largest absolute Gasteiger partial charge is 0.458 e. The van der Waals surface area contributed by atoms with Crippen molar-refractivity contribution in [1.29, 1.82) is 0 Å². The van der Waals surface area contributed by atoms with Crippen LogP contribution in [0.1, 0.15) is 75.6 Å². The van der Waals surface area contributed by atoms with Gasteiger partial charge in [-0.25, -0.2) is 4.79 Å². The van der Waals surface area contributed by atoms with Gasteiger partial charge in [0.25, 0.3) is 0 Å². The van der Waals surface area contributed by atoms with Crippen LogP contribution in [0.2, 0.25) is 5.02 Å². The number of hydrogen-bond acceptors (Lipinski definition) is 3. The summed E-state index contributed by atoms with van der Waals surface area (Å²) in [4.78, 5) is 24.8. The molecule has 160 valence electrons. The topological polar surface area (TPSA) is 43.4 Å². The monoisotopic (exact) mass is 426 g/mol. The van der Waals surface area contributed by atoms with E-state index in [-0.39, 0.29) is 22.9 Å². The third-order valence-electron chi connectivity index (χ3n) is 9.18. The smallest absolute Gasteiger partial charge is 0.338 e. The Balaban J connectivity index is 1.36. The molecule has 3 nitrogen and oxygen atoms in total. The molecule has 4 aliphatic carbocycles. The first-order valence-corrected chi connectivity index (χ1v) is 11.9. The van der Waals surface area contributed by atoms with E-state index in [1.165, 1.54) is 18.4 Å². The molecule has 3 fully saturated rings. The van der Waals surface area contributed by atoms with Gasteiger partial charge in [-0.1, -0.05) is 37.1 Å². The predicted octanol–water partition coefficient (Wildman–Crippen LogP) is 6.40. The van der Waals surface area contributed by atoms with E-state index in [0.29, 0.717) is 40.5 Å². The number of fused-ring (bicyclic) bond motifs is 5. The minimum atomic E-state index is -0.252. The summed E-state index contributed by atoms with van der Waals surface area (Å²) in [6.45, 7) is 4.77. The molecule has 1 aromatic carbocycles. The second-order valence-corrected chi connectivity index (χ2v) is 10.9. The predicted molar refractivity (Wildman–Crippen MR) is 117 cm³/mol. The fourth-order valence-corrected chi connectivity index (χ4v) is 7.71. The molecular formula is C26H31ClO3. The molecule has 6 atom stereocenters. The third-order valence-corrected chi connectivity index (χ3v) is 9.42. The number of allylic oxidation sites excluding steroid dienone is 1. The highest BCUT2D eigenvalue weighted by Gasteiger charge is 2.60. The average molecular weight is 427 g/mol. The Morgan fingerprint density at radius 2 is 1.90 bits per heavy atom. The molecule has 5 rings (SSSR count). The third kappa shape index (κ3) is 3.07. The Morgan fingerprint density at radius 1 is 1.07 bits per heavy atom. The van der Waals surface area contributed by atoms with Gasteiger partial charge in [0.2, 0.25) is 0 Å². The van der Waals surface area contributed by atoms with Crippen LogP contribution in [-0.4, -0.2) is 17.9 Å². The number of esters is 1. The minimum Gasteiger partial charge on any atom is -0.458 e. The van der Waals surface area contributed by atoms with Crippen LogP contribution in [0.4, 0.5) is 0 Å².